The van der Waals surface area contributed by atoms with E-state index in [1.807, 2.05) is 6.92 Å². The zero-order valence-corrected chi connectivity index (χ0v) is 15.1. The number of amides is 1. The first-order valence-electron chi connectivity index (χ1n) is 8.15. The molecule has 0 N–H and O–H groups in total. The van der Waals surface area contributed by atoms with Crippen molar-refractivity contribution in [1.82, 2.24) is 29.9 Å². The third kappa shape index (κ3) is 3.59. The molecule has 3 rings (SSSR count). The SMILES string of the molecule is [C-]#[N+]c1ccc(-c2cc(C(=O)N(C)CC)nn2-c2ccc(OC)nn2)nc1. The Morgan fingerprint density at radius 2 is 2.11 bits per heavy atom. The van der Waals surface area contributed by atoms with Gasteiger partial charge in [0.1, 0.15) is 0 Å². The molecule has 1 amide bonds. The van der Waals surface area contributed by atoms with Crippen molar-refractivity contribution in [2.24, 2.45) is 0 Å². The first-order chi connectivity index (χ1) is 13.1. The summed E-state index contributed by atoms with van der Waals surface area (Å²) >= 11 is 0. The number of rotatable bonds is 5. The Bertz CT molecular complexity index is 988. The first-order valence-corrected chi connectivity index (χ1v) is 8.15. The van der Waals surface area contributed by atoms with Crippen LogP contribution >= 0.6 is 0 Å². The van der Waals surface area contributed by atoms with Gasteiger partial charge in [0.05, 0.1) is 25.1 Å². The lowest BCUT2D eigenvalue weighted by molar-refractivity contribution is 0.0796. The molecular weight excluding hydrogens is 346 g/mol. The third-order valence-corrected chi connectivity index (χ3v) is 3.94. The van der Waals surface area contributed by atoms with Gasteiger partial charge in [-0.2, -0.15) is 5.10 Å². The van der Waals surface area contributed by atoms with E-state index in [4.69, 9.17) is 11.3 Å². The van der Waals surface area contributed by atoms with Gasteiger partial charge in [0, 0.05) is 25.9 Å². The summed E-state index contributed by atoms with van der Waals surface area (Å²) in [6.07, 6.45) is 1.47. The number of pyridine rings is 1. The Morgan fingerprint density at radius 3 is 2.67 bits per heavy atom. The number of hydrogen-bond acceptors (Lipinski definition) is 6. The standard InChI is InChI=1S/C18H17N7O2/c1-5-24(3)18(26)14-10-15(13-7-6-12(19-2)11-20-13)25(23-14)16-8-9-17(27-4)22-21-16/h6-11H,5H2,1,3-4H3. The van der Waals surface area contributed by atoms with E-state index in [0.717, 1.165) is 0 Å². The number of methoxy groups -OCH3 is 1. The zero-order chi connectivity index (χ0) is 19.4. The molecule has 136 valence electrons. The molecule has 0 atom stereocenters. The molecule has 9 nitrogen and oxygen atoms in total. The minimum atomic E-state index is -0.211. The van der Waals surface area contributed by atoms with Gasteiger partial charge in [-0.3, -0.25) is 9.78 Å². The molecule has 0 unspecified atom stereocenters. The highest BCUT2D eigenvalue weighted by molar-refractivity contribution is 5.93. The van der Waals surface area contributed by atoms with Crippen LogP contribution < -0.4 is 4.74 Å². The monoisotopic (exact) mass is 363 g/mol. The molecule has 9 heteroatoms. The largest absolute Gasteiger partial charge is 0.480 e. The van der Waals surface area contributed by atoms with Gasteiger partial charge in [-0.1, -0.05) is 6.07 Å². The van der Waals surface area contributed by atoms with Crippen molar-refractivity contribution in [3.8, 4) is 23.1 Å². The van der Waals surface area contributed by atoms with Crippen molar-refractivity contribution < 1.29 is 9.53 Å². The highest BCUT2D eigenvalue weighted by Gasteiger charge is 2.20. The molecule has 0 saturated carbocycles. The van der Waals surface area contributed by atoms with Gasteiger partial charge in [-0.25, -0.2) is 9.53 Å². The fraction of sp³-hybridized carbons (Fsp3) is 0.222. The highest BCUT2D eigenvalue weighted by Crippen LogP contribution is 2.24. The van der Waals surface area contributed by atoms with Gasteiger partial charge in [0.25, 0.3) is 5.91 Å². The number of aromatic nitrogens is 5. The van der Waals surface area contributed by atoms with Crippen molar-refractivity contribution >= 4 is 11.6 Å². The molecule has 0 aliphatic carbocycles. The van der Waals surface area contributed by atoms with Crippen molar-refractivity contribution in [2.75, 3.05) is 20.7 Å². The molecule has 3 heterocycles. The van der Waals surface area contributed by atoms with Crippen molar-refractivity contribution in [3.05, 3.63) is 53.6 Å². The smallest absolute Gasteiger partial charge is 0.274 e. The summed E-state index contributed by atoms with van der Waals surface area (Å²) in [7, 11) is 3.21. The lowest BCUT2D eigenvalue weighted by Gasteiger charge is -2.11. The maximum absolute atomic E-state index is 12.5. The van der Waals surface area contributed by atoms with Crippen molar-refractivity contribution in [3.63, 3.8) is 0 Å². The van der Waals surface area contributed by atoms with Crippen LogP contribution in [0.5, 0.6) is 5.88 Å². The molecule has 27 heavy (non-hydrogen) atoms. The predicted octanol–water partition coefficient (Wildman–Crippen LogP) is 2.38. The van der Waals surface area contributed by atoms with Crippen molar-refractivity contribution in [2.45, 2.75) is 6.92 Å². The quantitative estimate of drug-likeness (QED) is 0.647. The molecule has 0 aliphatic rings. The van der Waals surface area contributed by atoms with Crippen LogP contribution in [0.25, 0.3) is 22.1 Å². The molecule has 0 saturated heterocycles. The Kier molecular flexibility index (Phi) is 5.08. The van der Waals surface area contributed by atoms with Gasteiger partial charge >= 0.3 is 0 Å². The van der Waals surface area contributed by atoms with Crippen LogP contribution in [0, 0.1) is 6.57 Å². The van der Waals surface area contributed by atoms with Crippen LogP contribution in [-0.4, -0.2) is 56.5 Å². The normalized spacial score (nSPS) is 10.3. The summed E-state index contributed by atoms with van der Waals surface area (Å²) in [5.74, 6) is 0.575. The van der Waals surface area contributed by atoms with Crippen LogP contribution in [0.3, 0.4) is 0 Å². The average molecular weight is 363 g/mol. The van der Waals surface area contributed by atoms with Gasteiger partial charge in [-0.15, -0.1) is 10.2 Å². The second kappa shape index (κ2) is 7.61. The Balaban J connectivity index is 2.12. The van der Waals surface area contributed by atoms with E-state index < -0.39 is 0 Å². The molecule has 0 radical (unpaired) electrons. The summed E-state index contributed by atoms with van der Waals surface area (Å²) in [6.45, 7) is 9.49. The number of nitrogens with zero attached hydrogens (tertiary/aromatic N) is 7. The van der Waals surface area contributed by atoms with Crippen LogP contribution in [0.2, 0.25) is 0 Å². The van der Waals surface area contributed by atoms with Gasteiger partial charge < -0.3 is 9.64 Å². The van der Waals surface area contributed by atoms with Gasteiger partial charge in [0.15, 0.2) is 11.5 Å². The number of carbonyl (C=O) groups excluding carboxylic acids is 1. The molecule has 0 fully saturated rings. The van der Waals surface area contributed by atoms with Gasteiger partial charge in [-0.05, 0) is 25.1 Å². The molecule has 3 aromatic rings. The number of ether oxygens (including phenoxy) is 1. The van der Waals surface area contributed by atoms with Crippen LogP contribution in [0.15, 0.2) is 36.5 Å². The van der Waals surface area contributed by atoms with Gasteiger partial charge in [0.2, 0.25) is 11.6 Å². The summed E-state index contributed by atoms with van der Waals surface area (Å²) in [5, 5.41) is 12.5. The lowest BCUT2D eigenvalue weighted by Crippen LogP contribution is -2.26. The van der Waals surface area contributed by atoms with E-state index in [2.05, 4.69) is 25.1 Å². The summed E-state index contributed by atoms with van der Waals surface area (Å²) in [4.78, 5) is 21.7. The first kappa shape index (κ1) is 18.0. The molecule has 0 aromatic carbocycles. The van der Waals surface area contributed by atoms with E-state index in [0.29, 0.717) is 35.3 Å². The summed E-state index contributed by atoms with van der Waals surface area (Å²) in [5.41, 5.74) is 1.82. The van der Waals surface area contributed by atoms with Crippen LogP contribution in [0.1, 0.15) is 17.4 Å². The van der Waals surface area contributed by atoms with Crippen LogP contribution in [0.4, 0.5) is 5.69 Å². The maximum atomic E-state index is 12.5. The fourth-order valence-electron chi connectivity index (χ4n) is 2.32. The minimum absolute atomic E-state index is 0.211. The zero-order valence-electron chi connectivity index (χ0n) is 15.1. The molecule has 0 aliphatic heterocycles. The van der Waals surface area contributed by atoms with E-state index in [9.17, 15) is 4.79 Å². The lowest BCUT2D eigenvalue weighted by atomic mass is 10.2. The Hall–Kier alpha value is -3.80. The van der Waals surface area contributed by atoms with E-state index in [1.54, 1.807) is 42.3 Å². The minimum Gasteiger partial charge on any atom is -0.480 e. The Morgan fingerprint density at radius 1 is 1.30 bits per heavy atom. The van der Waals surface area contributed by atoms with E-state index in [-0.39, 0.29) is 11.6 Å². The third-order valence-electron chi connectivity index (χ3n) is 3.94. The predicted molar refractivity (Wildman–Crippen MR) is 97.8 cm³/mol. The summed E-state index contributed by atoms with van der Waals surface area (Å²) < 4.78 is 6.53. The maximum Gasteiger partial charge on any atom is 0.274 e. The number of carbonyl (C=O) groups is 1. The fourth-order valence-corrected chi connectivity index (χ4v) is 2.32. The summed E-state index contributed by atoms with van der Waals surface area (Å²) in [6, 6.07) is 8.36. The van der Waals surface area contributed by atoms with Crippen molar-refractivity contribution in [1.29, 1.82) is 0 Å². The molecule has 0 bridgehead atoms. The second-order valence-corrected chi connectivity index (χ2v) is 5.59. The highest BCUT2D eigenvalue weighted by atomic mass is 16.5. The van der Waals surface area contributed by atoms with E-state index >= 15 is 0 Å². The van der Waals surface area contributed by atoms with E-state index in [1.165, 1.54) is 18.0 Å². The molecule has 3 aromatic heterocycles. The Labute approximate surface area is 156 Å². The van der Waals surface area contributed by atoms with Crippen LogP contribution in [-0.2, 0) is 0 Å². The molecular formula is C18H17N7O2. The molecule has 0 spiro atoms. The second-order valence-electron chi connectivity index (χ2n) is 5.59. The topological polar surface area (TPSA) is 90.4 Å². The average Bonchev–Trinajstić information content (AvgIpc) is 3.18. The number of hydrogen-bond donors (Lipinski definition) is 0.